The molecule has 0 saturated heterocycles. The van der Waals surface area contributed by atoms with Crippen molar-refractivity contribution in [2.75, 3.05) is 18.5 Å². The van der Waals surface area contributed by atoms with Crippen LogP contribution in [0.3, 0.4) is 0 Å². The molecule has 1 heterocycles. The van der Waals surface area contributed by atoms with Crippen molar-refractivity contribution in [2.24, 2.45) is 5.73 Å². The van der Waals surface area contributed by atoms with Crippen molar-refractivity contribution in [1.29, 1.82) is 0 Å². The Labute approximate surface area is 177 Å². The van der Waals surface area contributed by atoms with Crippen molar-refractivity contribution in [3.8, 4) is 16.9 Å². The van der Waals surface area contributed by atoms with Crippen LogP contribution in [0.25, 0.3) is 16.9 Å². The number of nitrogens with one attached hydrogen (secondary N) is 2. The predicted molar refractivity (Wildman–Crippen MR) is 112 cm³/mol. The summed E-state index contributed by atoms with van der Waals surface area (Å²) in [6, 6.07) is 13.6. The summed E-state index contributed by atoms with van der Waals surface area (Å²) in [4.78, 5) is 23.3. The Bertz CT molecular complexity index is 1070. The summed E-state index contributed by atoms with van der Waals surface area (Å²) in [5.74, 6) is -0.412. The smallest absolute Gasteiger partial charge is 0.317 e. The highest BCUT2D eigenvalue weighted by molar-refractivity contribution is 5.88. The van der Waals surface area contributed by atoms with E-state index in [-0.39, 0.29) is 18.9 Å². The second kappa shape index (κ2) is 9.83. The molecule has 0 radical (unpaired) electrons. The third-order valence-corrected chi connectivity index (χ3v) is 4.37. The maximum atomic E-state index is 13.6. The number of rotatable bonds is 8. The van der Waals surface area contributed by atoms with Gasteiger partial charge in [-0.2, -0.15) is 5.10 Å². The van der Waals surface area contributed by atoms with Gasteiger partial charge in [-0.1, -0.05) is 24.3 Å². The van der Waals surface area contributed by atoms with E-state index in [0.29, 0.717) is 28.3 Å². The van der Waals surface area contributed by atoms with Crippen molar-refractivity contribution < 1.29 is 24.2 Å². The number of primary amides is 1. The number of carbonyl (C=O) groups is 2. The quantitative estimate of drug-likeness (QED) is 0.367. The highest BCUT2D eigenvalue weighted by atomic mass is 19.1. The van der Waals surface area contributed by atoms with Gasteiger partial charge in [0.15, 0.2) is 0 Å². The number of nitrogens with zero attached hydrogens (tertiary/aromatic N) is 2. The number of carbonyl (C=O) groups excluding carboxylic acids is 2. The van der Waals surface area contributed by atoms with Gasteiger partial charge in [0.1, 0.15) is 11.6 Å². The SMILES string of the molecule is NC(=O)Nc1cc(-c2cccc(F)c2)nn1-c1ccc(CC(=O)NCC(O)CO)cc1. The summed E-state index contributed by atoms with van der Waals surface area (Å²) < 4.78 is 15.0. The lowest BCUT2D eigenvalue weighted by molar-refractivity contribution is -0.121. The molecule has 9 nitrogen and oxygen atoms in total. The molecule has 3 aromatic rings. The number of hydrogen-bond acceptors (Lipinski definition) is 5. The van der Waals surface area contributed by atoms with Crippen molar-refractivity contribution in [2.45, 2.75) is 12.5 Å². The molecule has 2 aromatic carbocycles. The first-order valence-electron chi connectivity index (χ1n) is 9.43. The number of benzene rings is 2. The molecule has 0 spiro atoms. The molecule has 0 aliphatic carbocycles. The fraction of sp³-hybridized carbons (Fsp3) is 0.190. The number of nitrogens with two attached hydrogens (primary N) is 1. The third-order valence-electron chi connectivity index (χ3n) is 4.37. The van der Waals surface area contributed by atoms with Gasteiger partial charge in [0, 0.05) is 18.2 Å². The number of amides is 3. The average molecular weight is 427 g/mol. The maximum absolute atomic E-state index is 13.6. The van der Waals surface area contributed by atoms with Crippen molar-refractivity contribution in [1.82, 2.24) is 15.1 Å². The molecule has 0 fully saturated rings. The number of aliphatic hydroxyl groups is 2. The minimum atomic E-state index is -1.00. The Morgan fingerprint density at radius 1 is 1.16 bits per heavy atom. The summed E-state index contributed by atoms with van der Waals surface area (Å²) in [6.07, 6.45) is -0.923. The molecule has 0 bridgehead atoms. The fourth-order valence-corrected chi connectivity index (χ4v) is 2.88. The molecule has 1 atom stereocenters. The van der Waals surface area contributed by atoms with E-state index in [1.807, 2.05) is 0 Å². The van der Waals surface area contributed by atoms with E-state index >= 15 is 0 Å². The minimum absolute atomic E-state index is 0.0360. The van der Waals surface area contributed by atoms with Gasteiger partial charge in [-0.05, 0) is 29.8 Å². The molecule has 1 aromatic heterocycles. The molecule has 0 aliphatic heterocycles. The van der Waals surface area contributed by atoms with Crippen LogP contribution in [0.2, 0.25) is 0 Å². The number of anilines is 1. The molecule has 0 aliphatic rings. The van der Waals surface area contributed by atoms with Crippen LogP contribution in [0.5, 0.6) is 0 Å². The zero-order chi connectivity index (χ0) is 22.4. The minimum Gasteiger partial charge on any atom is -0.394 e. The van der Waals surface area contributed by atoms with Gasteiger partial charge in [-0.15, -0.1) is 0 Å². The van der Waals surface area contributed by atoms with Crippen LogP contribution in [0, 0.1) is 5.82 Å². The second-order valence-corrected chi connectivity index (χ2v) is 6.81. The van der Waals surface area contributed by atoms with Gasteiger partial charge in [0.05, 0.1) is 30.5 Å². The molecule has 0 saturated carbocycles. The van der Waals surface area contributed by atoms with E-state index in [2.05, 4.69) is 15.7 Å². The Kier molecular flexibility index (Phi) is 6.96. The van der Waals surface area contributed by atoms with E-state index in [1.54, 1.807) is 42.5 Å². The highest BCUT2D eigenvalue weighted by Crippen LogP contribution is 2.25. The first-order chi connectivity index (χ1) is 14.9. The standard InChI is InChI=1S/C21H22FN5O4/c22-15-3-1-2-14(9-15)18-10-19(25-21(23)31)27(26-18)16-6-4-13(5-7-16)8-20(30)24-11-17(29)12-28/h1-7,9-10,17,28-29H,8,11-12H2,(H,24,30)(H3,23,25,31). The van der Waals surface area contributed by atoms with E-state index in [9.17, 15) is 19.1 Å². The molecule has 1 unspecified atom stereocenters. The lowest BCUT2D eigenvalue weighted by Gasteiger charge is -2.10. The zero-order valence-corrected chi connectivity index (χ0v) is 16.5. The lowest BCUT2D eigenvalue weighted by atomic mass is 10.1. The van der Waals surface area contributed by atoms with Crippen LogP contribution in [0.15, 0.2) is 54.6 Å². The Morgan fingerprint density at radius 3 is 2.55 bits per heavy atom. The van der Waals surface area contributed by atoms with E-state index in [1.165, 1.54) is 16.8 Å². The van der Waals surface area contributed by atoms with Crippen LogP contribution in [0.1, 0.15) is 5.56 Å². The second-order valence-electron chi connectivity index (χ2n) is 6.81. The number of urea groups is 1. The molecular formula is C21H22FN5O4. The van der Waals surface area contributed by atoms with Crippen LogP contribution in [-0.2, 0) is 11.2 Å². The van der Waals surface area contributed by atoms with E-state index in [0.717, 1.165) is 0 Å². The van der Waals surface area contributed by atoms with E-state index in [4.69, 9.17) is 10.8 Å². The summed E-state index contributed by atoms with van der Waals surface area (Å²) in [7, 11) is 0. The van der Waals surface area contributed by atoms with Crippen molar-refractivity contribution >= 4 is 17.8 Å². The van der Waals surface area contributed by atoms with Crippen molar-refractivity contribution in [3.63, 3.8) is 0 Å². The predicted octanol–water partition coefficient (Wildman–Crippen LogP) is 1.18. The Hall–Kier alpha value is -3.76. The van der Waals surface area contributed by atoms with Crippen LogP contribution >= 0.6 is 0 Å². The summed E-state index contributed by atoms with van der Waals surface area (Å²) in [5.41, 5.74) is 7.52. The monoisotopic (exact) mass is 427 g/mol. The zero-order valence-electron chi connectivity index (χ0n) is 16.5. The largest absolute Gasteiger partial charge is 0.394 e. The molecule has 10 heteroatoms. The van der Waals surface area contributed by atoms with Crippen LogP contribution in [0.4, 0.5) is 15.0 Å². The molecular weight excluding hydrogens is 405 g/mol. The van der Waals surface area contributed by atoms with Gasteiger partial charge in [0.25, 0.3) is 0 Å². The Morgan fingerprint density at radius 2 is 1.90 bits per heavy atom. The lowest BCUT2D eigenvalue weighted by Crippen LogP contribution is -2.34. The third kappa shape index (κ3) is 5.87. The summed E-state index contributed by atoms with van der Waals surface area (Å²) in [5, 5.41) is 27.5. The summed E-state index contributed by atoms with van der Waals surface area (Å²) >= 11 is 0. The Balaban J connectivity index is 1.81. The van der Waals surface area contributed by atoms with Crippen LogP contribution in [-0.4, -0.2) is 51.2 Å². The fourth-order valence-electron chi connectivity index (χ4n) is 2.88. The normalized spacial score (nSPS) is 11.7. The molecule has 3 rings (SSSR count). The van der Waals surface area contributed by atoms with Gasteiger partial charge in [-0.3, -0.25) is 10.1 Å². The molecule has 162 valence electrons. The van der Waals surface area contributed by atoms with Gasteiger partial charge >= 0.3 is 6.03 Å². The van der Waals surface area contributed by atoms with Crippen molar-refractivity contribution in [3.05, 3.63) is 66.0 Å². The molecule has 3 amide bonds. The number of hydrogen-bond donors (Lipinski definition) is 5. The number of halogens is 1. The topological polar surface area (TPSA) is 142 Å². The van der Waals surface area contributed by atoms with Crippen LogP contribution < -0.4 is 16.4 Å². The molecule has 6 N–H and O–H groups in total. The average Bonchev–Trinajstić information content (AvgIpc) is 3.15. The van der Waals surface area contributed by atoms with Gasteiger partial charge in [0.2, 0.25) is 5.91 Å². The number of aliphatic hydroxyl groups excluding tert-OH is 2. The number of aromatic nitrogens is 2. The van der Waals surface area contributed by atoms with Gasteiger partial charge in [-0.25, -0.2) is 13.9 Å². The summed E-state index contributed by atoms with van der Waals surface area (Å²) in [6.45, 7) is -0.468. The maximum Gasteiger partial charge on any atom is 0.317 e. The first-order valence-corrected chi connectivity index (χ1v) is 9.43. The van der Waals surface area contributed by atoms with Gasteiger partial charge < -0.3 is 21.3 Å². The first kappa shape index (κ1) is 21.9. The highest BCUT2D eigenvalue weighted by Gasteiger charge is 2.14. The molecule has 31 heavy (non-hydrogen) atoms. The van der Waals surface area contributed by atoms with E-state index < -0.39 is 24.6 Å².